The fraction of sp³-hybridized carbons (Fsp3) is 0.500. The van der Waals surface area contributed by atoms with Crippen LogP contribution < -0.4 is 5.73 Å². The van der Waals surface area contributed by atoms with E-state index in [1.54, 1.807) is 17.0 Å². The third kappa shape index (κ3) is 2.50. The molecule has 0 aliphatic carbocycles. The molecule has 98 valence electrons. The number of aromatic nitrogens is 1. The largest absolute Gasteiger partial charge is 0.373 e. The number of aliphatic hydroxyl groups is 1. The van der Waals surface area contributed by atoms with Crippen molar-refractivity contribution in [2.24, 2.45) is 5.73 Å². The average Bonchev–Trinajstić information content (AvgIpc) is 2.92. The number of nitrogens with two attached hydrogens (primary N) is 1. The first-order valence-corrected chi connectivity index (χ1v) is 6.38. The van der Waals surface area contributed by atoms with E-state index in [0.717, 1.165) is 12.8 Å². The van der Waals surface area contributed by atoms with Gasteiger partial charge in [-0.05, 0) is 30.5 Å². The number of carbonyl (C=O) groups excluding carboxylic acids is 1. The van der Waals surface area contributed by atoms with E-state index in [1.807, 2.05) is 0 Å². The van der Waals surface area contributed by atoms with Crippen molar-refractivity contribution in [1.82, 2.24) is 9.88 Å². The van der Waals surface area contributed by atoms with Crippen molar-refractivity contribution < 1.29 is 9.90 Å². The summed E-state index contributed by atoms with van der Waals surface area (Å²) in [7, 11) is 0. The Labute approximate surface area is 111 Å². The lowest BCUT2D eigenvalue weighted by molar-refractivity contribution is -0.135. The Hall–Kier alpha value is -1.11. The molecule has 0 bridgehead atoms. The first kappa shape index (κ1) is 13.3. The number of likely N-dealkylation sites (tertiary alicyclic amines) is 1. The maximum absolute atomic E-state index is 12.1. The van der Waals surface area contributed by atoms with Crippen LogP contribution in [-0.2, 0) is 9.73 Å². The molecule has 6 heteroatoms. The van der Waals surface area contributed by atoms with E-state index in [9.17, 15) is 9.90 Å². The minimum Gasteiger partial charge on any atom is -0.373 e. The fourth-order valence-electron chi connectivity index (χ4n) is 2.08. The van der Waals surface area contributed by atoms with Crippen LogP contribution in [0.4, 0.5) is 0 Å². The SMILES string of the molecule is N[C@H](C(=O)N1CCCC1)[C@](O)(S)c1ccncc1. The van der Waals surface area contributed by atoms with E-state index in [-0.39, 0.29) is 5.91 Å². The molecule has 0 spiro atoms. The molecule has 18 heavy (non-hydrogen) atoms. The summed E-state index contributed by atoms with van der Waals surface area (Å²) in [6, 6.07) is 2.12. The normalized spacial score (nSPS) is 20.5. The van der Waals surface area contributed by atoms with Crippen molar-refractivity contribution in [2.75, 3.05) is 13.1 Å². The lowest BCUT2D eigenvalue weighted by atomic mass is 10.0. The molecule has 1 fully saturated rings. The van der Waals surface area contributed by atoms with Gasteiger partial charge in [0.05, 0.1) is 0 Å². The van der Waals surface area contributed by atoms with Gasteiger partial charge in [0.15, 0.2) is 4.93 Å². The molecule has 5 nitrogen and oxygen atoms in total. The lowest BCUT2D eigenvalue weighted by Crippen LogP contribution is -2.52. The van der Waals surface area contributed by atoms with E-state index in [4.69, 9.17) is 5.73 Å². The van der Waals surface area contributed by atoms with Crippen LogP contribution in [0, 0.1) is 0 Å². The van der Waals surface area contributed by atoms with Crippen molar-refractivity contribution >= 4 is 18.5 Å². The summed E-state index contributed by atoms with van der Waals surface area (Å²) in [5.41, 5.74) is 6.34. The van der Waals surface area contributed by atoms with E-state index in [1.165, 1.54) is 12.4 Å². The molecule has 0 unspecified atom stereocenters. The number of thiol groups is 1. The molecular formula is C12H17N3O2S. The molecule has 1 aromatic rings. The lowest BCUT2D eigenvalue weighted by Gasteiger charge is -2.31. The van der Waals surface area contributed by atoms with Gasteiger partial charge in [0.25, 0.3) is 0 Å². The van der Waals surface area contributed by atoms with Gasteiger partial charge in [0.1, 0.15) is 6.04 Å². The summed E-state index contributed by atoms with van der Waals surface area (Å²) >= 11 is 4.16. The monoisotopic (exact) mass is 267 g/mol. The number of hydrogen-bond donors (Lipinski definition) is 3. The van der Waals surface area contributed by atoms with Gasteiger partial charge in [-0.15, -0.1) is 12.6 Å². The van der Waals surface area contributed by atoms with Crippen molar-refractivity contribution in [3.8, 4) is 0 Å². The Morgan fingerprint density at radius 3 is 2.56 bits per heavy atom. The molecule has 2 atom stereocenters. The van der Waals surface area contributed by atoms with Crippen LogP contribution in [0.1, 0.15) is 18.4 Å². The second-order valence-electron chi connectivity index (χ2n) is 4.47. The molecule has 0 radical (unpaired) electrons. The molecule has 1 aliphatic heterocycles. The molecule has 1 aliphatic rings. The number of rotatable bonds is 3. The highest BCUT2D eigenvalue weighted by molar-refractivity contribution is 7.81. The molecule has 1 saturated heterocycles. The number of amides is 1. The van der Waals surface area contributed by atoms with Gasteiger partial charge in [0.2, 0.25) is 5.91 Å². The molecule has 1 amide bonds. The zero-order chi connectivity index (χ0) is 13.2. The second kappa shape index (κ2) is 5.26. The zero-order valence-electron chi connectivity index (χ0n) is 9.99. The highest BCUT2D eigenvalue weighted by Crippen LogP contribution is 2.29. The van der Waals surface area contributed by atoms with Crippen LogP contribution in [0.2, 0.25) is 0 Å². The highest BCUT2D eigenvalue weighted by Gasteiger charge is 2.39. The summed E-state index contributed by atoms with van der Waals surface area (Å²) in [4.78, 5) is 16.0. The standard InChI is InChI=1S/C12H17N3O2S/c13-10(11(16)15-7-1-2-8-15)12(17,18)9-3-5-14-6-4-9/h3-6,10,17-18H,1-2,7-8,13H2/t10-,12-/m1/s1. The molecule has 0 saturated carbocycles. The molecule has 0 aromatic carbocycles. The topological polar surface area (TPSA) is 79.5 Å². The summed E-state index contributed by atoms with van der Waals surface area (Å²) < 4.78 is 0. The maximum atomic E-state index is 12.1. The van der Waals surface area contributed by atoms with Crippen molar-refractivity contribution in [3.05, 3.63) is 30.1 Å². The van der Waals surface area contributed by atoms with Gasteiger partial charge < -0.3 is 15.7 Å². The zero-order valence-corrected chi connectivity index (χ0v) is 10.9. The summed E-state index contributed by atoms with van der Waals surface area (Å²) in [6.45, 7) is 1.40. The quantitative estimate of drug-likeness (QED) is 0.536. The van der Waals surface area contributed by atoms with Crippen LogP contribution in [0.3, 0.4) is 0 Å². The third-order valence-electron chi connectivity index (χ3n) is 3.22. The Bertz CT molecular complexity index is 419. The van der Waals surface area contributed by atoms with Gasteiger partial charge in [0, 0.05) is 25.5 Å². The molecular weight excluding hydrogens is 250 g/mol. The van der Waals surface area contributed by atoms with Gasteiger partial charge >= 0.3 is 0 Å². The van der Waals surface area contributed by atoms with Crippen molar-refractivity contribution in [2.45, 2.75) is 23.8 Å². The second-order valence-corrected chi connectivity index (χ2v) is 5.15. The Kier molecular flexibility index (Phi) is 3.89. The van der Waals surface area contributed by atoms with Gasteiger partial charge in [-0.1, -0.05) is 0 Å². The van der Waals surface area contributed by atoms with Crippen molar-refractivity contribution in [3.63, 3.8) is 0 Å². The first-order chi connectivity index (χ1) is 8.53. The minimum atomic E-state index is -1.68. The molecule has 2 rings (SSSR count). The third-order valence-corrected chi connectivity index (χ3v) is 3.76. The maximum Gasteiger partial charge on any atom is 0.243 e. The van der Waals surface area contributed by atoms with E-state index in [0.29, 0.717) is 18.7 Å². The van der Waals surface area contributed by atoms with Crippen LogP contribution >= 0.6 is 12.6 Å². The molecule has 2 heterocycles. The number of nitrogens with zero attached hydrogens (tertiary/aromatic N) is 2. The van der Waals surface area contributed by atoms with E-state index >= 15 is 0 Å². The summed E-state index contributed by atoms with van der Waals surface area (Å²) in [5, 5.41) is 10.3. The Morgan fingerprint density at radius 1 is 1.44 bits per heavy atom. The average molecular weight is 267 g/mol. The van der Waals surface area contributed by atoms with Crippen LogP contribution in [0.15, 0.2) is 24.5 Å². The first-order valence-electron chi connectivity index (χ1n) is 5.93. The Balaban J connectivity index is 2.16. The van der Waals surface area contributed by atoms with E-state index in [2.05, 4.69) is 17.6 Å². The van der Waals surface area contributed by atoms with Crippen LogP contribution in [0.5, 0.6) is 0 Å². The number of carbonyl (C=O) groups is 1. The number of pyridine rings is 1. The van der Waals surface area contributed by atoms with Gasteiger partial charge in [-0.2, -0.15) is 0 Å². The van der Waals surface area contributed by atoms with Gasteiger partial charge in [-0.25, -0.2) is 0 Å². The predicted molar refractivity (Wildman–Crippen MR) is 70.9 cm³/mol. The predicted octanol–water partition coefficient (Wildman–Crippen LogP) is 0.106. The smallest absolute Gasteiger partial charge is 0.243 e. The number of hydrogen-bond acceptors (Lipinski definition) is 5. The summed E-state index contributed by atoms with van der Waals surface area (Å²) in [6.07, 6.45) is 5.03. The summed E-state index contributed by atoms with van der Waals surface area (Å²) in [5.74, 6) is -0.262. The van der Waals surface area contributed by atoms with E-state index < -0.39 is 11.0 Å². The fourth-order valence-corrected chi connectivity index (χ4v) is 2.34. The molecule has 3 N–H and O–H groups in total. The Morgan fingerprint density at radius 2 is 2.00 bits per heavy atom. The molecule has 1 aromatic heterocycles. The minimum absolute atomic E-state index is 0.262. The van der Waals surface area contributed by atoms with Crippen LogP contribution in [-0.4, -0.2) is 40.0 Å². The van der Waals surface area contributed by atoms with Gasteiger partial charge in [-0.3, -0.25) is 9.78 Å². The van der Waals surface area contributed by atoms with Crippen LogP contribution in [0.25, 0.3) is 0 Å². The highest BCUT2D eigenvalue weighted by atomic mass is 32.1. The van der Waals surface area contributed by atoms with Crippen molar-refractivity contribution in [1.29, 1.82) is 0 Å².